The standard InChI is InChI=1S/C27H33ClN2O3/c28-22-14-21(15-24(16-22)33-23-7-8-23)27(32)25(17-30-9-3-4-10-30)29-26(31)13-18-11-19-5-1-2-6-20(19)12-18/h1-2,5-6,14-16,18,23,25,27,32H,3-4,7-13,17H2,(H,29,31). The van der Waals surface area contributed by atoms with Crippen LogP contribution in [0.3, 0.4) is 0 Å². The highest BCUT2D eigenvalue weighted by atomic mass is 35.5. The van der Waals surface area contributed by atoms with Gasteiger partial charge in [0.25, 0.3) is 0 Å². The maximum Gasteiger partial charge on any atom is 0.220 e. The lowest BCUT2D eigenvalue weighted by Crippen LogP contribution is -2.47. The lowest BCUT2D eigenvalue weighted by Gasteiger charge is -2.29. The summed E-state index contributed by atoms with van der Waals surface area (Å²) in [6.07, 6.45) is 6.20. The number of carbonyl (C=O) groups excluding carboxylic acids is 1. The van der Waals surface area contributed by atoms with E-state index in [1.54, 1.807) is 12.1 Å². The molecule has 0 bridgehead atoms. The van der Waals surface area contributed by atoms with E-state index in [2.05, 4.69) is 34.5 Å². The molecule has 5 nitrogen and oxygen atoms in total. The Hall–Kier alpha value is -2.08. The van der Waals surface area contributed by atoms with Gasteiger partial charge in [0.15, 0.2) is 0 Å². The number of nitrogens with zero attached hydrogens (tertiary/aromatic N) is 1. The molecule has 176 valence electrons. The van der Waals surface area contributed by atoms with Crippen molar-refractivity contribution in [3.8, 4) is 5.75 Å². The van der Waals surface area contributed by atoms with Crippen LogP contribution in [0, 0.1) is 5.92 Å². The fraction of sp³-hybridized carbons (Fsp3) is 0.519. The first-order chi connectivity index (χ1) is 16.0. The van der Waals surface area contributed by atoms with Gasteiger partial charge in [0.2, 0.25) is 5.91 Å². The minimum Gasteiger partial charge on any atom is -0.490 e. The molecule has 1 heterocycles. The van der Waals surface area contributed by atoms with Crippen molar-refractivity contribution >= 4 is 17.5 Å². The van der Waals surface area contributed by atoms with Crippen molar-refractivity contribution < 1.29 is 14.6 Å². The molecular formula is C27H33ClN2O3. The average Bonchev–Trinajstić information content (AvgIpc) is 3.28. The average molecular weight is 469 g/mol. The molecule has 2 fully saturated rings. The Kier molecular flexibility index (Phi) is 6.91. The first-order valence-electron chi connectivity index (χ1n) is 12.3. The van der Waals surface area contributed by atoms with Gasteiger partial charge in [0, 0.05) is 18.0 Å². The van der Waals surface area contributed by atoms with Crippen LogP contribution in [0.2, 0.25) is 5.02 Å². The molecule has 6 heteroatoms. The summed E-state index contributed by atoms with van der Waals surface area (Å²) >= 11 is 6.35. The second kappa shape index (κ2) is 10.0. The predicted molar refractivity (Wildman–Crippen MR) is 130 cm³/mol. The number of halogens is 1. The number of aliphatic hydroxyl groups excluding tert-OH is 1. The number of hydrogen-bond donors (Lipinski definition) is 2. The first-order valence-corrected chi connectivity index (χ1v) is 12.6. The Labute approximate surface area is 201 Å². The summed E-state index contributed by atoms with van der Waals surface area (Å²) in [4.78, 5) is 15.4. The Balaban J connectivity index is 1.27. The highest BCUT2D eigenvalue weighted by Gasteiger charge is 2.30. The number of hydrogen-bond acceptors (Lipinski definition) is 4. The van der Waals surface area contributed by atoms with Crippen molar-refractivity contribution in [3.05, 3.63) is 64.2 Å². The molecule has 2 aromatic carbocycles. The number of ether oxygens (including phenoxy) is 1. The van der Waals surface area contributed by atoms with Gasteiger partial charge in [-0.2, -0.15) is 0 Å². The van der Waals surface area contributed by atoms with Crippen LogP contribution in [0.15, 0.2) is 42.5 Å². The fourth-order valence-electron chi connectivity index (χ4n) is 5.22. The quantitative estimate of drug-likeness (QED) is 0.576. The second-order valence-corrected chi connectivity index (χ2v) is 10.3. The number of rotatable bonds is 9. The predicted octanol–water partition coefficient (Wildman–Crippen LogP) is 4.30. The number of fused-ring (bicyclic) bond motifs is 1. The summed E-state index contributed by atoms with van der Waals surface area (Å²) in [7, 11) is 0. The fourth-order valence-corrected chi connectivity index (χ4v) is 5.46. The van der Waals surface area contributed by atoms with E-state index in [1.165, 1.54) is 11.1 Å². The topological polar surface area (TPSA) is 61.8 Å². The zero-order chi connectivity index (χ0) is 22.8. The van der Waals surface area contributed by atoms with E-state index in [9.17, 15) is 9.90 Å². The molecule has 33 heavy (non-hydrogen) atoms. The minimum atomic E-state index is -0.851. The zero-order valence-corrected chi connectivity index (χ0v) is 19.8. The van der Waals surface area contributed by atoms with E-state index < -0.39 is 12.1 Å². The number of carbonyl (C=O) groups is 1. The highest BCUT2D eigenvalue weighted by molar-refractivity contribution is 6.30. The molecule has 1 aliphatic heterocycles. The normalized spacial score (nSPS) is 20.4. The summed E-state index contributed by atoms with van der Waals surface area (Å²) in [6, 6.07) is 13.5. The maximum absolute atomic E-state index is 13.1. The summed E-state index contributed by atoms with van der Waals surface area (Å²) < 4.78 is 5.92. The van der Waals surface area contributed by atoms with Gasteiger partial charge in [-0.15, -0.1) is 0 Å². The van der Waals surface area contributed by atoms with Crippen LogP contribution in [-0.4, -0.2) is 47.7 Å². The molecule has 2 N–H and O–H groups in total. The van der Waals surface area contributed by atoms with Crippen molar-refractivity contribution in [2.24, 2.45) is 5.92 Å². The number of likely N-dealkylation sites (tertiary alicyclic amines) is 1. The number of amides is 1. The van der Waals surface area contributed by atoms with Crippen LogP contribution < -0.4 is 10.1 Å². The van der Waals surface area contributed by atoms with Gasteiger partial charge in [-0.3, -0.25) is 4.79 Å². The molecule has 2 unspecified atom stereocenters. The van der Waals surface area contributed by atoms with Gasteiger partial charge < -0.3 is 20.1 Å². The van der Waals surface area contributed by atoms with Gasteiger partial charge in [0.1, 0.15) is 11.9 Å². The molecule has 2 atom stereocenters. The highest BCUT2D eigenvalue weighted by Crippen LogP contribution is 2.33. The maximum atomic E-state index is 13.1. The van der Waals surface area contributed by atoms with E-state index in [4.69, 9.17) is 16.3 Å². The Morgan fingerprint density at radius 2 is 1.82 bits per heavy atom. The lowest BCUT2D eigenvalue weighted by atomic mass is 9.99. The van der Waals surface area contributed by atoms with Gasteiger partial charge in [-0.1, -0.05) is 35.9 Å². The summed E-state index contributed by atoms with van der Waals surface area (Å²) in [5, 5.41) is 15.0. The Bertz CT molecular complexity index is 962. The molecule has 0 radical (unpaired) electrons. The second-order valence-electron chi connectivity index (χ2n) is 9.91. The van der Waals surface area contributed by atoms with Crippen molar-refractivity contribution in [2.75, 3.05) is 19.6 Å². The van der Waals surface area contributed by atoms with Crippen molar-refractivity contribution in [2.45, 2.75) is 63.2 Å². The van der Waals surface area contributed by atoms with Crippen LogP contribution in [0.1, 0.15) is 54.9 Å². The van der Waals surface area contributed by atoms with Gasteiger partial charge in [-0.05, 0) is 92.4 Å². The molecule has 2 aromatic rings. The lowest BCUT2D eigenvalue weighted by molar-refractivity contribution is -0.123. The number of benzene rings is 2. The molecular weight excluding hydrogens is 436 g/mol. The molecule has 1 amide bonds. The molecule has 1 saturated carbocycles. The van der Waals surface area contributed by atoms with Crippen LogP contribution in [0.4, 0.5) is 0 Å². The third-order valence-electron chi connectivity index (χ3n) is 7.05. The summed E-state index contributed by atoms with van der Waals surface area (Å²) in [5.74, 6) is 1.01. The van der Waals surface area contributed by atoms with Gasteiger partial charge in [0.05, 0.1) is 12.1 Å². The largest absolute Gasteiger partial charge is 0.490 e. The van der Waals surface area contributed by atoms with E-state index in [-0.39, 0.29) is 12.0 Å². The zero-order valence-electron chi connectivity index (χ0n) is 19.0. The van der Waals surface area contributed by atoms with Crippen LogP contribution in [-0.2, 0) is 17.6 Å². The van der Waals surface area contributed by atoms with Crippen LogP contribution in [0.25, 0.3) is 0 Å². The molecule has 3 aliphatic rings. The molecule has 5 rings (SSSR count). The van der Waals surface area contributed by atoms with E-state index in [1.807, 2.05) is 6.07 Å². The monoisotopic (exact) mass is 468 g/mol. The molecule has 0 aromatic heterocycles. The Morgan fingerprint density at radius 1 is 1.12 bits per heavy atom. The number of aliphatic hydroxyl groups is 1. The SMILES string of the molecule is O=C(CC1Cc2ccccc2C1)NC(CN1CCCC1)C(O)c1cc(Cl)cc(OC2CC2)c1. The first kappa shape index (κ1) is 22.7. The molecule has 2 aliphatic carbocycles. The summed E-state index contributed by atoms with van der Waals surface area (Å²) in [5.41, 5.74) is 3.40. The third kappa shape index (κ3) is 5.89. The smallest absolute Gasteiger partial charge is 0.220 e. The summed E-state index contributed by atoms with van der Waals surface area (Å²) in [6.45, 7) is 2.63. The number of nitrogens with one attached hydrogen (secondary N) is 1. The van der Waals surface area contributed by atoms with E-state index in [0.717, 1.165) is 51.6 Å². The van der Waals surface area contributed by atoms with E-state index >= 15 is 0 Å². The van der Waals surface area contributed by atoms with Crippen molar-refractivity contribution in [1.82, 2.24) is 10.2 Å². The van der Waals surface area contributed by atoms with Crippen LogP contribution >= 0.6 is 11.6 Å². The van der Waals surface area contributed by atoms with Gasteiger partial charge >= 0.3 is 0 Å². The molecule has 0 spiro atoms. The minimum absolute atomic E-state index is 0.00698. The van der Waals surface area contributed by atoms with Gasteiger partial charge in [-0.25, -0.2) is 0 Å². The third-order valence-corrected chi connectivity index (χ3v) is 7.27. The molecule has 1 saturated heterocycles. The van der Waals surface area contributed by atoms with E-state index in [0.29, 0.717) is 35.2 Å². The van der Waals surface area contributed by atoms with Crippen molar-refractivity contribution in [3.63, 3.8) is 0 Å². The van der Waals surface area contributed by atoms with Crippen molar-refractivity contribution in [1.29, 1.82) is 0 Å². The Morgan fingerprint density at radius 3 is 2.48 bits per heavy atom. The van der Waals surface area contributed by atoms with Crippen LogP contribution in [0.5, 0.6) is 5.75 Å².